The van der Waals surface area contributed by atoms with Gasteiger partial charge < -0.3 is 9.64 Å². The van der Waals surface area contributed by atoms with E-state index in [0.717, 1.165) is 12.0 Å². The predicted molar refractivity (Wildman–Crippen MR) is 110 cm³/mol. The van der Waals surface area contributed by atoms with Gasteiger partial charge in [-0.3, -0.25) is 4.79 Å². The van der Waals surface area contributed by atoms with Crippen LogP contribution in [0, 0.1) is 5.92 Å². The molecule has 2 aliphatic heterocycles. The molecule has 0 aliphatic carbocycles. The third-order valence-corrected chi connectivity index (χ3v) is 7.78. The number of unbranched alkanes of at least 4 members (excludes halogenated alkanes) is 1. The number of carbonyl (C=O) groups excluding carboxylic acids is 1. The summed E-state index contributed by atoms with van der Waals surface area (Å²) in [6.45, 7) is 4.47. The third kappa shape index (κ3) is 5.26. The molecule has 2 saturated heterocycles. The minimum absolute atomic E-state index is 0.110. The van der Waals surface area contributed by atoms with Crippen LogP contribution in [0.4, 0.5) is 0 Å². The molecule has 0 N–H and O–H groups in total. The van der Waals surface area contributed by atoms with Gasteiger partial charge in [0.1, 0.15) is 6.10 Å². The second kappa shape index (κ2) is 9.57. The molecule has 0 aromatic heterocycles. The van der Waals surface area contributed by atoms with Gasteiger partial charge in [-0.15, -0.1) is 0 Å². The highest BCUT2D eigenvalue weighted by Gasteiger charge is 2.34. The largest absolute Gasteiger partial charge is 0.370 e. The van der Waals surface area contributed by atoms with E-state index in [9.17, 15) is 13.2 Å². The highest BCUT2D eigenvalue weighted by atomic mass is 35.5. The maximum absolute atomic E-state index is 13.0. The summed E-state index contributed by atoms with van der Waals surface area (Å²) in [4.78, 5) is 14.9. The van der Waals surface area contributed by atoms with Gasteiger partial charge in [0.25, 0.3) is 0 Å². The van der Waals surface area contributed by atoms with E-state index in [0.29, 0.717) is 57.1 Å². The summed E-state index contributed by atoms with van der Waals surface area (Å²) in [7, 11) is -3.19. The Hall–Kier alpha value is -1.15. The normalized spacial score (nSPS) is 22.4. The molecule has 1 aromatic rings. The zero-order valence-corrected chi connectivity index (χ0v) is 17.9. The Bertz CT molecular complexity index is 761. The number of sulfonamides is 1. The number of nitrogens with zero attached hydrogens (tertiary/aromatic N) is 2. The Morgan fingerprint density at radius 2 is 1.86 bits per heavy atom. The summed E-state index contributed by atoms with van der Waals surface area (Å²) in [5, 5.41) is 0.674. The number of hydrogen-bond donors (Lipinski definition) is 0. The second-order valence-corrected chi connectivity index (χ2v) is 10.1. The third-order valence-electron chi connectivity index (χ3n) is 5.57. The van der Waals surface area contributed by atoms with Gasteiger partial charge in [-0.1, -0.05) is 37.1 Å². The smallest absolute Gasteiger partial charge is 0.225 e. The molecule has 156 valence electrons. The molecule has 1 amide bonds. The van der Waals surface area contributed by atoms with E-state index in [1.54, 1.807) is 4.31 Å². The fraction of sp³-hybridized carbons (Fsp3) is 0.650. The second-order valence-electron chi connectivity index (χ2n) is 7.54. The van der Waals surface area contributed by atoms with Crippen LogP contribution < -0.4 is 0 Å². The van der Waals surface area contributed by atoms with Crippen LogP contribution >= 0.6 is 11.6 Å². The molecule has 1 unspecified atom stereocenters. The van der Waals surface area contributed by atoms with Crippen molar-refractivity contribution in [3.05, 3.63) is 34.9 Å². The first-order chi connectivity index (χ1) is 13.4. The summed E-state index contributed by atoms with van der Waals surface area (Å²) in [6, 6.07) is 7.52. The van der Waals surface area contributed by atoms with Gasteiger partial charge in [0, 0.05) is 30.6 Å². The number of ether oxygens (including phenoxy) is 1. The van der Waals surface area contributed by atoms with Crippen LogP contribution in [0.3, 0.4) is 0 Å². The molecule has 8 heteroatoms. The molecule has 1 aromatic carbocycles. The summed E-state index contributed by atoms with van der Waals surface area (Å²) >= 11 is 5.95. The lowest BCUT2D eigenvalue weighted by molar-refractivity contribution is -0.144. The highest BCUT2D eigenvalue weighted by molar-refractivity contribution is 7.89. The van der Waals surface area contributed by atoms with Crippen molar-refractivity contribution in [1.82, 2.24) is 9.21 Å². The number of amides is 1. The standard InChI is InChI=1S/C20H29ClN2O4S/c1-2-3-14-28(25,26)23-10-8-17(9-11-23)20(24)22-12-13-27-19(15-22)16-4-6-18(21)7-5-16/h4-7,17,19H,2-3,8-15H2,1H3. The molecule has 2 fully saturated rings. The fourth-order valence-electron chi connectivity index (χ4n) is 3.82. The van der Waals surface area contributed by atoms with Crippen molar-refractivity contribution in [2.75, 3.05) is 38.5 Å². The minimum atomic E-state index is -3.19. The van der Waals surface area contributed by atoms with Crippen molar-refractivity contribution in [3.8, 4) is 0 Å². The van der Waals surface area contributed by atoms with Crippen LogP contribution in [0.5, 0.6) is 0 Å². The lowest BCUT2D eigenvalue weighted by atomic mass is 9.96. The zero-order valence-electron chi connectivity index (χ0n) is 16.3. The highest BCUT2D eigenvalue weighted by Crippen LogP contribution is 2.27. The van der Waals surface area contributed by atoms with Gasteiger partial charge in [0.05, 0.1) is 18.9 Å². The summed E-state index contributed by atoms with van der Waals surface area (Å²) < 4.78 is 32.1. The first-order valence-corrected chi connectivity index (χ1v) is 12.0. The number of benzene rings is 1. The number of piperidine rings is 1. The molecule has 0 spiro atoms. The maximum Gasteiger partial charge on any atom is 0.225 e. The van der Waals surface area contributed by atoms with Gasteiger partial charge in [0.15, 0.2) is 0 Å². The zero-order chi connectivity index (χ0) is 20.1. The number of halogens is 1. The number of carbonyl (C=O) groups is 1. The molecule has 2 heterocycles. The summed E-state index contributed by atoms with van der Waals surface area (Å²) in [5.74, 6) is 0.211. The number of hydrogen-bond acceptors (Lipinski definition) is 4. The molecule has 6 nitrogen and oxygen atoms in total. The quantitative estimate of drug-likeness (QED) is 0.698. The Morgan fingerprint density at radius 1 is 1.18 bits per heavy atom. The van der Waals surface area contributed by atoms with Crippen molar-refractivity contribution in [2.24, 2.45) is 5.92 Å². The fourth-order valence-corrected chi connectivity index (χ4v) is 5.63. The van der Waals surface area contributed by atoms with Crippen molar-refractivity contribution in [1.29, 1.82) is 0 Å². The Balaban J connectivity index is 1.55. The Labute approximate surface area is 172 Å². The van der Waals surface area contributed by atoms with Crippen molar-refractivity contribution in [3.63, 3.8) is 0 Å². The summed E-state index contributed by atoms with van der Waals surface area (Å²) in [5.41, 5.74) is 1.01. The molecule has 1 atom stereocenters. The monoisotopic (exact) mass is 428 g/mol. The maximum atomic E-state index is 13.0. The van der Waals surface area contributed by atoms with Gasteiger partial charge in [-0.25, -0.2) is 12.7 Å². The van der Waals surface area contributed by atoms with Crippen molar-refractivity contribution < 1.29 is 17.9 Å². The van der Waals surface area contributed by atoms with Crippen LogP contribution in [0.15, 0.2) is 24.3 Å². The molecule has 0 bridgehead atoms. The van der Waals surface area contributed by atoms with E-state index in [1.165, 1.54) is 0 Å². The molecule has 0 radical (unpaired) electrons. The summed E-state index contributed by atoms with van der Waals surface area (Å²) in [6.07, 6.45) is 2.57. The lowest BCUT2D eigenvalue weighted by Crippen LogP contribution is -2.48. The van der Waals surface area contributed by atoms with Gasteiger partial charge in [-0.05, 0) is 37.0 Å². The van der Waals surface area contributed by atoms with E-state index in [1.807, 2.05) is 36.1 Å². The van der Waals surface area contributed by atoms with E-state index in [-0.39, 0.29) is 23.7 Å². The van der Waals surface area contributed by atoms with Gasteiger partial charge in [-0.2, -0.15) is 0 Å². The average Bonchev–Trinajstić information content (AvgIpc) is 2.72. The molecule has 28 heavy (non-hydrogen) atoms. The molecule has 2 aliphatic rings. The van der Waals surface area contributed by atoms with Crippen LogP contribution in [0.25, 0.3) is 0 Å². The molecule has 3 rings (SSSR count). The minimum Gasteiger partial charge on any atom is -0.370 e. The van der Waals surface area contributed by atoms with E-state index in [4.69, 9.17) is 16.3 Å². The van der Waals surface area contributed by atoms with Gasteiger partial charge >= 0.3 is 0 Å². The first-order valence-electron chi connectivity index (χ1n) is 10.0. The van der Waals surface area contributed by atoms with Crippen LogP contribution in [-0.2, 0) is 19.6 Å². The van der Waals surface area contributed by atoms with Crippen LogP contribution in [0.2, 0.25) is 5.02 Å². The van der Waals surface area contributed by atoms with Crippen LogP contribution in [-0.4, -0.2) is 62.1 Å². The number of morpholine rings is 1. The topological polar surface area (TPSA) is 66.9 Å². The molecular weight excluding hydrogens is 400 g/mol. The van der Waals surface area contributed by atoms with E-state index < -0.39 is 10.0 Å². The Morgan fingerprint density at radius 3 is 2.50 bits per heavy atom. The lowest BCUT2D eigenvalue weighted by Gasteiger charge is -2.37. The predicted octanol–water partition coefficient (Wildman–Crippen LogP) is 3.08. The average molecular weight is 429 g/mol. The van der Waals surface area contributed by atoms with Crippen molar-refractivity contribution >= 4 is 27.5 Å². The van der Waals surface area contributed by atoms with Crippen LogP contribution in [0.1, 0.15) is 44.3 Å². The van der Waals surface area contributed by atoms with Gasteiger partial charge in [0.2, 0.25) is 15.9 Å². The molecular formula is C20H29ClN2O4S. The molecule has 0 saturated carbocycles. The van der Waals surface area contributed by atoms with Crippen molar-refractivity contribution in [2.45, 2.75) is 38.7 Å². The number of rotatable bonds is 6. The van der Waals surface area contributed by atoms with E-state index >= 15 is 0 Å². The Kier molecular flexibility index (Phi) is 7.36. The SMILES string of the molecule is CCCCS(=O)(=O)N1CCC(C(=O)N2CCOC(c3ccc(Cl)cc3)C2)CC1. The first kappa shape index (κ1) is 21.6. The van der Waals surface area contributed by atoms with E-state index in [2.05, 4.69) is 0 Å².